The summed E-state index contributed by atoms with van der Waals surface area (Å²) in [6.07, 6.45) is 1.97. The van der Waals surface area contributed by atoms with Crippen molar-refractivity contribution in [3.8, 4) is 11.5 Å². The molecule has 236 valence electrons. The third kappa shape index (κ3) is 9.57. The maximum absolute atomic E-state index is 14.3. The number of hydrogen-bond acceptors (Lipinski definition) is 5. The molecule has 0 aromatic heterocycles. The van der Waals surface area contributed by atoms with Crippen molar-refractivity contribution in [3.63, 3.8) is 0 Å². The summed E-state index contributed by atoms with van der Waals surface area (Å²) in [5.74, 6) is 0.262. The third-order valence-corrected chi connectivity index (χ3v) is 8.86. The number of carbonyl (C=O) groups excluding carboxylic acids is 2. The number of ether oxygens (including phenoxy) is 1. The molecular weight excluding hydrogens is 610 g/mol. The quantitative estimate of drug-likeness (QED) is 0.170. The first-order valence-electron chi connectivity index (χ1n) is 14.7. The number of hydrogen-bond donors (Lipinski definition) is 1. The normalized spacial score (nSPS) is 12.5. The van der Waals surface area contributed by atoms with Gasteiger partial charge in [-0.1, -0.05) is 85.3 Å². The molecule has 0 fully saturated rings. The van der Waals surface area contributed by atoms with Crippen LogP contribution < -0.4 is 14.4 Å². The summed E-state index contributed by atoms with van der Waals surface area (Å²) >= 11 is 6.51. The Hall–Kier alpha value is -4.34. The lowest BCUT2D eigenvalue weighted by atomic mass is 10.0. The summed E-state index contributed by atoms with van der Waals surface area (Å²) in [7, 11) is -3.91. The first kappa shape index (κ1) is 33.6. The molecule has 0 saturated carbocycles. The van der Waals surface area contributed by atoms with Crippen molar-refractivity contribution in [2.45, 2.75) is 45.3 Å². The highest BCUT2D eigenvalue weighted by Crippen LogP contribution is 2.27. The minimum absolute atomic E-state index is 0.00535. The predicted octanol–water partition coefficient (Wildman–Crippen LogP) is 6.45. The van der Waals surface area contributed by atoms with Crippen LogP contribution in [0.2, 0.25) is 5.02 Å². The summed E-state index contributed by atoms with van der Waals surface area (Å²) in [5, 5.41) is 3.45. The number of halogens is 1. The molecule has 4 rings (SSSR count). The van der Waals surface area contributed by atoms with Crippen LogP contribution >= 0.6 is 11.6 Å². The minimum Gasteiger partial charge on any atom is -0.457 e. The van der Waals surface area contributed by atoms with Gasteiger partial charge in [-0.05, 0) is 66.9 Å². The predicted molar refractivity (Wildman–Crippen MR) is 179 cm³/mol. The molecule has 1 N–H and O–H groups in total. The summed E-state index contributed by atoms with van der Waals surface area (Å²) in [6, 6.07) is 31.1. The van der Waals surface area contributed by atoms with Crippen LogP contribution in [0.3, 0.4) is 0 Å². The Bertz CT molecular complexity index is 1670. The molecule has 0 bridgehead atoms. The van der Waals surface area contributed by atoms with Crippen molar-refractivity contribution < 1.29 is 22.7 Å². The number of benzene rings is 4. The molecule has 4 aromatic carbocycles. The number of anilines is 1. The molecule has 0 aliphatic carbocycles. The van der Waals surface area contributed by atoms with Crippen molar-refractivity contribution >= 4 is 39.1 Å². The van der Waals surface area contributed by atoms with Crippen LogP contribution in [-0.2, 0) is 32.6 Å². The van der Waals surface area contributed by atoms with Crippen LogP contribution in [0.1, 0.15) is 31.4 Å². The van der Waals surface area contributed by atoms with Gasteiger partial charge in [0.15, 0.2) is 0 Å². The highest BCUT2D eigenvalue weighted by molar-refractivity contribution is 7.92. The van der Waals surface area contributed by atoms with Crippen molar-refractivity contribution in [1.82, 2.24) is 10.2 Å². The van der Waals surface area contributed by atoms with Gasteiger partial charge in [0.05, 0.1) is 11.9 Å². The van der Waals surface area contributed by atoms with Gasteiger partial charge in [0.25, 0.3) is 0 Å². The van der Waals surface area contributed by atoms with Gasteiger partial charge in [0.1, 0.15) is 24.1 Å². The standard InChI is InChI=1S/C35H38ClN3O5S/c1-4-26(2)37-35(41)33(23-27-13-7-5-8-14-27)38(24-28-15-11-12-18-32(28)36)34(40)25-39(45(3,42)43)29-19-21-31(22-20-29)44-30-16-9-6-10-17-30/h5-22,26,33H,4,23-25H2,1-3H3,(H,37,41)/t26-,33-/m0/s1. The molecule has 8 nitrogen and oxygen atoms in total. The van der Waals surface area contributed by atoms with E-state index in [1.54, 1.807) is 48.5 Å². The monoisotopic (exact) mass is 647 g/mol. The minimum atomic E-state index is -3.91. The van der Waals surface area contributed by atoms with Gasteiger partial charge >= 0.3 is 0 Å². The van der Waals surface area contributed by atoms with Crippen LogP contribution in [0, 0.1) is 0 Å². The molecule has 2 atom stereocenters. The van der Waals surface area contributed by atoms with E-state index < -0.39 is 28.5 Å². The van der Waals surface area contributed by atoms with Gasteiger partial charge in [0, 0.05) is 24.0 Å². The second kappa shape index (κ2) is 15.6. The van der Waals surface area contributed by atoms with E-state index in [2.05, 4.69) is 5.32 Å². The van der Waals surface area contributed by atoms with Crippen molar-refractivity contribution in [2.75, 3.05) is 17.1 Å². The molecule has 45 heavy (non-hydrogen) atoms. The Morgan fingerprint density at radius 1 is 0.844 bits per heavy atom. The second-order valence-electron chi connectivity index (χ2n) is 10.8. The number of para-hydroxylation sites is 1. The number of amides is 2. The Balaban J connectivity index is 1.69. The fourth-order valence-electron chi connectivity index (χ4n) is 4.72. The molecule has 0 radical (unpaired) electrons. The SMILES string of the molecule is CC[C@H](C)NC(=O)[C@H](Cc1ccccc1)N(Cc1ccccc1Cl)C(=O)CN(c1ccc(Oc2ccccc2)cc1)S(C)(=O)=O. The largest absolute Gasteiger partial charge is 0.457 e. The van der Waals surface area contributed by atoms with Crippen molar-refractivity contribution in [2.24, 2.45) is 0 Å². The maximum atomic E-state index is 14.3. The first-order chi connectivity index (χ1) is 21.5. The van der Waals surface area contributed by atoms with Crippen LogP contribution in [0.25, 0.3) is 0 Å². The van der Waals surface area contributed by atoms with E-state index in [9.17, 15) is 18.0 Å². The van der Waals surface area contributed by atoms with E-state index in [1.165, 1.54) is 4.90 Å². The number of carbonyl (C=O) groups is 2. The van der Waals surface area contributed by atoms with Gasteiger partial charge in [-0.25, -0.2) is 8.42 Å². The van der Waals surface area contributed by atoms with Crippen molar-refractivity contribution in [1.29, 1.82) is 0 Å². The molecule has 0 unspecified atom stereocenters. The molecule has 2 amide bonds. The second-order valence-corrected chi connectivity index (χ2v) is 13.1. The average Bonchev–Trinajstić information content (AvgIpc) is 3.03. The van der Waals surface area contributed by atoms with Gasteiger partial charge in [0.2, 0.25) is 21.8 Å². The van der Waals surface area contributed by atoms with Gasteiger partial charge < -0.3 is 15.0 Å². The smallest absolute Gasteiger partial charge is 0.244 e. The highest BCUT2D eigenvalue weighted by atomic mass is 35.5. The molecule has 0 aliphatic heterocycles. The van der Waals surface area contributed by atoms with E-state index in [0.717, 1.165) is 16.1 Å². The average molecular weight is 648 g/mol. The molecule has 4 aromatic rings. The Kier molecular flexibility index (Phi) is 11.6. The molecule has 10 heteroatoms. The van der Waals surface area contributed by atoms with Gasteiger partial charge in [-0.3, -0.25) is 13.9 Å². The lowest BCUT2D eigenvalue weighted by molar-refractivity contribution is -0.140. The Labute approximate surface area is 270 Å². The topological polar surface area (TPSA) is 96.0 Å². The highest BCUT2D eigenvalue weighted by Gasteiger charge is 2.33. The molecule has 0 saturated heterocycles. The summed E-state index contributed by atoms with van der Waals surface area (Å²) in [5.41, 5.74) is 1.77. The summed E-state index contributed by atoms with van der Waals surface area (Å²) < 4.78 is 33.0. The zero-order valence-electron chi connectivity index (χ0n) is 25.6. The van der Waals surface area contributed by atoms with E-state index in [1.807, 2.05) is 74.5 Å². The fourth-order valence-corrected chi connectivity index (χ4v) is 5.77. The molecule has 0 spiro atoms. The van der Waals surface area contributed by atoms with E-state index in [4.69, 9.17) is 16.3 Å². The lowest BCUT2D eigenvalue weighted by Crippen LogP contribution is -2.54. The number of sulfonamides is 1. The van der Waals surface area contributed by atoms with Crippen LogP contribution in [0.15, 0.2) is 109 Å². The number of nitrogens with one attached hydrogen (secondary N) is 1. The van der Waals surface area contributed by atoms with Crippen LogP contribution in [-0.4, -0.2) is 50.0 Å². The van der Waals surface area contributed by atoms with E-state index in [-0.39, 0.29) is 30.6 Å². The fraction of sp³-hybridized carbons (Fsp3) is 0.257. The first-order valence-corrected chi connectivity index (χ1v) is 17.0. The number of rotatable bonds is 14. The van der Waals surface area contributed by atoms with Crippen LogP contribution in [0.5, 0.6) is 11.5 Å². The van der Waals surface area contributed by atoms with E-state index >= 15 is 0 Å². The lowest BCUT2D eigenvalue weighted by Gasteiger charge is -2.34. The zero-order valence-corrected chi connectivity index (χ0v) is 27.2. The Morgan fingerprint density at radius 2 is 1.42 bits per heavy atom. The molecule has 0 aliphatic rings. The third-order valence-electron chi connectivity index (χ3n) is 7.35. The molecule has 0 heterocycles. The molecular formula is C35H38ClN3O5S. The maximum Gasteiger partial charge on any atom is 0.244 e. The summed E-state index contributed by atoms with van der Waals surface area (Å²) in [6.45, 7) is 3.34. The Morgan fingerprint density at radius 3 is 2.02 bits per heavy atom. The van der Waals surface area contributed by atoms with Gasteiger partial charge in [-0.15, -0.1) is 0 Å². The van der Waals surface area contributed by atoms with Crippen LogP contribution in [0.4, 0.5) is 5.69 Å². The van der Waals surface area contributed by atoms with E-state index in [0.29, 0.717) is 28.5 Å². The summed E-state index contributed by atoms with van der Waals surface area (Å²) in [4.78, 5) is 29.5. The van der Waals surface area contributed by atoms with Gasteiger partial charge in [-0.2, -0.15) is 0 Å². The number of nitrogens with zero attached hydrogens (tertiary/aromatic N) is 2. The van der Waals surface area contributed by atoms with Crippen molar-refractivity contribution in [3.05, 3.63) is 125 Å². The zero-order chi connectivity index (χ0) is 32.4.